The van der Waals surface area contributed by atoms with Gasteiger partial charge in [0, 0.05) is 38.1 Å². The summed E-state index contributed by atoms with van der Waals surface area (Å²) in [5, 5.41) is 0.393. The van der Waals surface area contributed by atoms with Crippen molar-refractivity contribution in [2.75, 3.05) is 25.4 Å². The first kappa shape index (κ1) is 23.4. The SMILES string of the molecule is CCOCc1nc2c(N)nc(C)c(C)c2n1CCC1CCN(C(=O)c2ccc(Cl)nc2)CC1. The number of halogens is 1. The molecule has 0 spiro atoms. The van der Waals surface area contributed by atoms with Crippen molar-refractivity contribution in [3.05, 3.63) is 46.1 Å². The molecule has 0 aliphatic carbocycles. The normalized spacial score (nSPS) is 14.8. The summed E-state index contributed by atoms with van der Waals surface area (Å²) in [5.41, 5.74) is 10.6. The van der Waals surface area contributed by atoms with Crippen LogP contribution in [0.5, 0.6) is 0 Å². The highest BCUT2D eigenvalue weighted by molar-refractivity contribution is 6.29. The third-order valence-corrected chi connectivity index (χ3v) is 6.77. The summed E-state index contributed by atoms with van der Waals surface area (Å²) < 4.78 is 7.93. The van der Waals surface area contributed by atoms with E-state index in [2.05, 4.69) is 21.5 Å². The van der Waals surface area contributed by atoms with Crippen molar-refractivity contribution < 1.29 is 9.53 Å². The molecule has 0 unspecified atom stereocenters. The number of anilines is 1. The van der Waals surface area contributed by atoms with Gasteiger partial charge in [0.25, 0.3) is 5.91 Å². The molecule has 4 rings (SSSR count). The standard InChI is InChI=1S/C24H31ClN6O2/c1-4-33-14-20-29-21-22(15(2)16(3)28-23(21)26)31(20)12-9-17-7-10-30(11-8-17)24(32)18-5-6-19(25)27-13-18/h5-6,13,17H,4,7-12,14H2,1-3H3,(H2,26,28). The second-order valence-electron chi connectivity index (χ2n) is 8.62. The summed E-state index contributed by atoms with van der Waals surface area (Å²) in [5.74, 6) is 1.91. The Morgan fingerprint density at radius 3 is 2.67 bits per heavy atom. The first-order valence-corrected chi connectivity index (χ1v) is 11.9. The van der Waals surface area contributed by atoms with Crippen LogP contribution in [0.1, 0.15) is 53.6 Å². The number of fused-ring (bicyclic) bond motifs is 1. The maximum Gasteiger partial charge on any atom is 0.255 e. The molecule has 1 amide bonds. The number of hydrogen-bond acceptors (Lipinski definition) is 6. The zero-order chi connectivity index (χ0) is 23.5. The summed E-state index contributed by atoms with van der Waals surface area (Å²) in [7, 11) is 0. The van der Waals surface area contributed by atoms with Crippen LogP contribution in [-0.4, -0.2) is 50.0 Å². The number of pyridine rings is 2. The Morgan fingerprint density at radius 2 is 2.00 bits per heavy atom. The predicted octanol–water partition coefficient (Wildman–Crippen LogP) is 4.16. The lowest BCUT2D eigenvalue weighted by Crippen LogP contribution is -2.38. The van der Waals surface area contributed by atoms with Crippen LogP contribution in [-0.2, 0) is 17.9 Å². The number of nitrogens with zero attached hydrogens (tertiary/aromatic N) is 5. The maximum atomic E-state index is 12.8. The van der Waals surface area contributed by atoms with E-state index in [9.17, 15) is 4.79 Å². The molecule has 0 atom stereocenters. The minimum atomic E-state index is 0.0197. The van der Waals surface area contributed by atoms with Crippen molar-refractivity contribution in [1.29, 1.82) is 0 Å². The van der Waals surface area contributed by atoms with E-state index in [0.717, 1.165) is 67.0 Å². The van der Waals surface area contributed by atoms with Crippen LogP contribution in [0.2, 0.25) is 5.15 Å². The fourth-order valence-corrected chi connectivity index (χ4v) is 4.62. The van der Waals surface area contributed by atoms with Gasteiger partial charge in [-0.05, 0) is 63.6 Å². The monoisotopic (exact) mass is 470 g/mol. The van der Waals surface area contributed by atoms with Gasteiger partial charge in [-0.25, -0.2) is 15.0 Å². The van der Waals surface area contributed by atoms with E-state index in [1.54, 1.807) is 18.3 Å². The number of piperidine rings is 1. The molecule has 9 heteroatoms. The molecule has 0 saturated carbocycles. The summed E-state index contributed by atoms with van der Waals surface area (Å²) in [6, 6.07) is 3.39. The van der Waals surface area contributed by atoms with Crippen LogP contribution < -0.4 is 5.73 Å². The smallest absolute Gasteiger partial charge is 0.255 e. The van der Waals surface area contributed by atoms with E-state index in [1.807, 2.05) is 18.7 Å². The fraction of sp³-hybridized carbons (Fsp3) is 0.500. The highest BCUT2D eigenvalue weighted by Crippen LogP contribution is 2.29. The zero-order valence-electron chi connectivity index (χ0n) is 19.5. The average molecular weight is 471 g/mol. The van der Waals surface area contributed by atoms with Crippen LogP contribution in [0.4, 0.5) is 5.82 Å². The molecule has 3 aromatic heterocycles. The molecule has 0 bridgehead atoms. The van der Waals surface area contributed by atoms with E-state index < -0.39 is 0 Å². The number of hydrogen-bond donors (Lipinski definition) is 1. The molecule has 176 valence electrons. The Morgan fingerprint density at radius 1 is 1.24 bits per heavy atom. The lowest BCUT2D eigenvalue weighted by molar-refractivity contribution is 0.0684. The van der Waals surface area contributed by atoms with Gasteiger partial charge in [-0.15, -0.1) is 0 Å². The lowest BCUT2D eigenvalue weighted by Gasteiger charge is -2.32. The number of nitrogen functional groups attached to an aromatic ring is 1. The van der Waals surface area contributed by atoms with Crippen molar-refractivity contribution in [2.24, 2.45) is 5.92 Å². The van der Waals surface area contributed by atoms with Crippen molar-refractivity contribution >= 4 is 34.4 Å². The topological polar surface area (TPSA) is 99.2 Å². The average Bonchev–Trinajstić information content (AvgIpc) is 3.19. The van der Waals surface area contributed by atoms with Crippen molar-refractivity contribution in [3.8, 4) is 0 Å². The number of imidazole rings is 1. The molecule has 0 aromatic carbocycles. The molecule has 33 heavy (non-hydrogen) atoms. The van der Waals surface area contributed by atoms with Crippen molar-refractivity contribution in [2.45, 2.75) is 53.2 Å². The van der Waals surface area contributed by atoms with Crippen molar-refractivity contribution in [3.63, 3.8) is 0 Å². The highest BCUT2D eigenvalue weighted by Gasteiger charge is 2.25. The lowest BCUT2D eigenvalue weighted by atomic mass is 9.93. The van der Waals surface area contributed by atoms with Gasteiger partial charge in [-0.1, -0.05) is 11.6 Å². The quantitative estimate of drug-likeness (QED) is 0.520. The number of carbonyl (C=O) groups is 1. The second kappa shape index (κ2) is 10.1. The summed E-state index contributed by atoms with van der Waals surface area (Å²) in [6.45, 7) is 9.44. The van der Waals surface area contributed by atoms with Gasteiger partial charge in [-0.3, -0.25) is 4.79 Å². The highest BCUT2D eigenvalue weighted by atomic mass is 35.5. The van der Waals surface area contributed by atoms with E-state index in [0.29, 0.717) is 35.7 Å². The number of nitrogens with two attached hydrogens (primary N) is 1. The van der Waals surface area contributed by atoms with E-state index in [-0.39, 0.29) is 5.91 Å². The van der Waals surface area contributed by atoms with E-state index >= 15 is 0 Å². The molecule has 0 radical (unpaired) electrons. The third-order valence-electron chi connectivity index (χ3n) is 6.55. The van der Waals surface area contributed by atoms with Crippen LogP contribution in [0, 0.1) is 19.8 Å². The number of aryl methyl sites for hydroxylation is 3. The Kier molecular flexibility index (Phi) is 7.14. The number of amides is 1. The molecule has 8 nitrogen and oxygen atoms in total. The number of aromatic nitrogens is 4. The second-order valence-corrected chi connectivity index (χ2v) is 9.00. The van der Waals surface area contributed by atoms with Crippen LogP contribution >= 0.6 is 11.6 Å². The summed E-state index contributed by atoms with van der Waals surface area (Å²) in [6.07, 6.45) is 4.51. The summed E-state index contributed by atoms with van der Waals surface area (Å²) in [4.78, 5) is 27.9. The van der Waals surface area contributed by atoms with Gasteiger partial charge in [-0.2, -0.15) is 0 Å². The number of likely N-dealkylation sites (tertiary alicyclic amines) is 1. The van der Waals surface area contributed by atoms with Gasteiger partial charge in [0.2, 0.25) is 0 Å². The van der Waals surface area contributed by atoms with Gasteiger partial charge in [0.1, 0.15) is 23.1 Å². The predicted molar refractivity (Wildman–Crippen MR) is 129 cm³/mol. The van der Waals surface area contributed by atoms with E-state index in [4.69, 9.17) is 27.1 Å². The molecule has 1 saturated heterocycles. The van der Waals surface area contributed by atoms with Crippen LogP contribution in [0.15, 0.2) is 18.3 Å². The third kappa shape index (κ3) is 4.96. The molecule has 2 N–H and O–H groups in total. The first-order valence-electron chi connectivity index (χ1n) is 11.5. The Hall–Kier alpha value is -2.71. The van der Waals surface area contributed by atoms with Gasteiger partial charge < -0.3 is 19.9 Å². The van der Waals surface area contributed by atoms with Gasteiger partial charge in [0.15, 0.2) is 5.82 Å². The number of ether oxygens (including phenoxy) is 1. The maximum absolute atomic E-state index is 12.8. The van der Waals surface area contributed by atoms with Crippen LogP contribution in [0.3, 0.4) is 0 Å². The summed E-state index contributed by atoms with van der Waals surface area (Å²) >= 11 is 5.84. The largest absolute Gasteiger partial charge is 0.382 e. The minimum absolute atomic E-state index is 0.0197. The Labute approximate surface area is 199 Å². The molecular formula is C24H31ClN6O2. The molecule has 4 heterocycles. The van der Waals surface area contributed by atoms with E-state index in [1.165, 1.54) is 0 Å². The van der Waals surface area contributed by atoms with Gasteiger partial charge >= 0.3 is 0 Å². The Bertz CT molecular complexity index is 1140. The molecule has 1 aliphatic heterocycles. The first-order chi connectivity index (χ1) is 15.9. The molecule has 3 aromatic rings. The van der Waals surface area contributed by atoms with Crippen molar-refractivity contribution in [1.82, 2.24) is 24.4 Å². The molecule has 1 fully saturated rings. The zero-order valence-corrected chi connectivity index (χ0v) is 20.2. The fourth-order valence-electron chi connectivity index (χ4n) is 4.51. The van der Waals surface area contributed by atoms with Gasteiger partial charge in [0.05, 0.1) is 11.1 Å². The number of carbonyl (C=O) groups excluding carboxylic acids is 1. The van der Waals surface area contributed by atoms with Crippen LogP contribution in [0.25, 0.3) is 11.0 Å². The molecular weight excluding hydrogens is 440 g/mol. The minimum Gasteiger partial charge on any atom is -0.382 e. The number of rotatable bonds is 7. The molecule has 1 aliphatic rings. The Balaban J connectivity index is 1.44.